The summed E-state index contributed by atoms with van der Waals surface area (Å²) in [5.74, 6) is 1.03. The van der Waals surface area contributed by atoms with Gasteiger partial charge in [0.15, 0.2) is 0 Å². The molecule has 186 valence electrons. The molecule has 0 N–H and O–H groups in total. The van der Waals surface area contributed by atoms with E-state index in [-0.39, 0.29) is 11.8 Å². The lowest BCUT2D eigenvalue weighted by Gasteiger charge is -2.28. The number of aromatic nitrogens is 2. The number of amides is 2. The van der Waals surface area contributed by atoms with E-state index in [0.29, 0.717) is 37.2 Å². The normalized spacial score (nSPS) is 16.0. The third-order valence-electron chi connectivity index (χ3n) is 6.24. The minimum Gasteiger partial charge on any atom is -0.332 e. The lowest BCUT2D eigenvalue weighted by Crippen LogP contribution is -2.40. The summed E-state index contributed by atoms with van der Waals surface area (Å²) < 4.78 is 1.71. The van der Waals surface area contributed by atoms with Crippen molar-refractivity contribution in [2.24, 2.45) is 18.9 Å². The van der Waals surface area contributed by atoms with E-state index in [1.54, 1.807) is 11.6 Å². The van der Waals surface area contributed by atoms with Gasteiger partial charge in [-0.2, -0.15) is 5.10 Å². The monoisotopic (exact) mass is 467 g/mol. The van der Waals surface area contributed by atoms with Crippen LogP contribution in [0, 0.1) is 11.8 Å². The summed E-state index contributed by atoms with van der Waals surface area (Å²) in [6.45, 7) is 14.8. The highest BCUT2D eigenvalue weighted by Gasteiger charge is 2.25. The standard InChI is InChI=1S/C27H41N5O2/c1-20(2)16-24-17-26(29(6)28-24)27(34)31-15-14-30(18-21(3)4)12-9-13-32(22(5)33)25-11-8-7-10-23(25)19-31/h7-8,10-11,17,20-21H,9,12-16,18-19H2,1-6H3. The maximum absolute atomic E-state index is 13.8. The predicted octanol–water partition coefficient (Wildman–Crippen LogP) is 3.98. The Hall–Kier alpha value is -2.67. The Morgan fingerprint density at radius 3 is 2.41 bits per heavy atom. The van der Waals surface area contributed by atoms with Crippen molar-refractivity contribution >= 4 is 17.5 Å². The molecular weight excluding hydrogens is 426 g/mol. The molecule has 0 saturated carbocycles. The Labute approximate surface area is 204 Å². The summed E-state index contributed by atoms with van der Waals surface area (Å²) in [4.78, 5) is 32.6. The summed E-state index contributed by atoms with van der Waals surface area (Å²) in [6, 6.07) is 9.91. The number of anilines is 1. The Kier molecular flexibility index (Phi) is 8.89. The molecule has 0 bridgehead atoms. The summed E-state index contributed by atoms with van der Waals surface area (Å²) in [5.41, 5.74) is 3.45. The second-order valence-corrected chi connectivity index (χ2v) is 10.3. The Balaban J connectivity index is 1.96. The van der Waals surface area contributed by atoms with E-state index in [2.05, 4.69) is 37.7 Å². The van der Waals surface area contributed by atoms with Gasteiger partial charge in [-0.15, -0.1) is 0 Å². The average Bonchev–Trinajstić information content (AvgIpc) is 3.10. The van der Waals surface area contributed by atoms with Crippen LogP contribution in [0.25, 0.3) is 0 Å². The van der Waals surface area contributed by atoms with Crippen LogP contribution >= 0.6 is 0 Å². The first kappa shape index (κ1) is 25.9. The van der Waals surface area contributed by atoms with Gasteiger partial charge in [-0.25, -0.2) is 0 Å². The van der Waals surface area contributed by atoms with Crippen LogP contribution in [0.4, 0.5) is 5.69 Å². The van der Waals surface area contributed by atoms with Crippen LogP contribution in [0.15, 0.2) is 30.3 Å². The lowest BCUT2D eigenvalue weighted by molar-refractivity contribution is -0.116. The Morgan fingerprint density at radius 2 is 1.74 bits per heavy atom. The second-order valence-electron chi connectivity index (χ2n) is 10.3. The topological polar surface area (TPSA) is 61.7 Å². The molecular formula is C27H41N5O2. The Bertz CT molecular complexity index is 981. The smallest absolute Gasteiger partial charge is 0.272 e. The number of para-hydroxylation sites is 1. The number of nitrogens with zero attached hydrogens (tertiary/aromatic N) is 5. The maximum Gasteiger partial charge on any atom is 0.272 e. The largest absolute Gasteiger partial charge is 0.332 e. The van der Waals surface area contributed by atoms with Crippen molar-refractivity contribution in [2.75, 3.05) is 37.6 Å². The van der Waals surface area contributed by atoms with E-state index in [1.807, 2.05) is 47.2 Å². The third-order valence-corrected chi connectivity index (χ3v) is 6.24. The molecule has 0 spiro atoms. The number of rotatable bonds is 5. The molecule has 7 heteroatoms. The zero-order valence-electron chi connectivity index (χ0n) is 21.8. The highest BCUT2D eigenvalue weighted by atomic mass is 16.2. The molecule has 1 aliphatic heterocycles. The zero-order valence-corrected chi connectivity index (χ0v) is 21.8. The summed E-state index contributed by atoms with van der Waals surface area (Å²) >= 11 is 0. The van der Waals surface area contributed by atoms with Gasteiger partial charge in [0.1, 0.15) is 5.69 Å². The van der Waals surface area contributed by atoms with Crippen LogP contribution in [0.3, 0.4) is 0 Å². The van der Waals surface area contributed by atoms with Crippen molar-refractivity contribution in [1.29, 1.82) is 0 Å². The quantitative estimate of drug-likeness (QED) is 0.667. The van der Waals surface area contributed by atoms with Crippen LogP contribution < -0.4 is 4.90 Å². The first-order valence-electron chi connectivity index (χ1n) is 12.6. The molecule has 2 heterocycles. The molecule has 3 rings (SSSR count). The maximum atomic E-state index is 13.8. The fraction of sp³-hybridized carbons (Fsp3) is 0.593. The van der Waals surface area contributed by atoms with Crippen molar-refractivity contribution in [3.05, 3.63) is 47.3 Å². The van der Waals surface area contributed by atoms with Gasteiger partial charge in [-0.3, -0.25) is 14.3 Å². The fourth-order valence-electron chi connectivity index (χ4n) is 4.75. The van der Waals surface area contributed by atoms with Crippen molar-refractivity contribution in [3.63, 3.8) is 0 Å². The van der Waals surface area contributed by atoms with E-state index < -0.39 is 0 Å². The number of hydrogen-bond acceptors (Lipinski definition) is 4. The van der Waals surface area contributed by atoms with E-state index in [0.717, 1.165) is 49.4 Å². The number of benzene rings is 1. The van der Waals surface area contributed by atoms with Crippen LogP contribution in [0.5, 0.6) is 0 Å². The van der Waals surface area contributed by atoms with Crippen LogP contribution in [0.2, 0.25) is 0 Å². The SMILES string of the molecule is CC(=O)N1CCCN(CC(C)C)CCN(C(=O)c2cc(CC(C)C)nn2C)Cc2ccccc21. The molecule has 7 nitrogen and oxygen atoms in total. The molecule has 0 unspecified atom stereocenters. The molecule has 1 aromatic heterocycles. The molecule has 0 atom stereocenters. The first-order valence-corrected chi connectivity index (χ1v) is 12.6. The predicted molar refractivity (Wildman–Crippen MR) is 137 cm³/mol. The molecule has 1 aliphatic rings. The molecule has 2 aromatic rings. The zero-order chi connectivity index (χ0) is 24.8. The number of carbonyl (C=O) groups is 2. The van der Waals surface area contributed by atoms with Crippen LogP contribution in [-0.4, -0.2) is 64.1 Å². The van der Waals surface area contributed by atoms with Crippen molar-refractivity contribution in [2.45, 2.75) is 54.0 Å². The van der Waals surface area contributed by atoms with Gasteiger partial charge >= 0.3 is 0 Å². The first-order chi connectivity index (χ1) is 16.2. The van der Waals surface area contributed by atoms with E-state index >= 15 is 0 Å². The molecule has 2 amide bonds. The van der Waals surface area contributed by atoms with Gasteiger partial charge < -0.3 is 14.7 Å². The van der Waals surface area contributed by atoms with Crippen molar-refractivity contribution in [1.82, 2.24) is 19.6 Å². The highest BCUT2D eigenvalue weighted by molar-refractivity contribution is 5.94. The van der Waals surface area contributed by atoms with E-state index in [1.165, 1.54) is 0 Å². The van der Waals surface area contributed by atoms with Gasteiger partial charge in [-0.05, 0) is 48.9 Å². The number of fused-ring (bicyclic) bond motifs is 1. The molecule has 0 saturated heterocycles. The van der Waals surface area contributed by atoms with Crippen molar-refractivity contribution < 1.29 is 9.59 Å². The van der Waals surface area contributed by atoms with Crippen LogP contribution in [0.1, 0.15) is 62.8 Å². The van der Waals surface area contributed by atoms with Gasteiger partial charge in [0.2, 0.25) is 5.91 Å². The minimum absolute atomic E-state index is 0.0158. The number of aryl methyl sites for hydroxylation is 1. The highest BCUT2D eigenvalue weighted by Crippen LogP contribution is 2.24. The van der Waals surface area contributed by atoms with E-state index in [9.17, 15) is 9.59 Å². The average molecular weight is 468 g/mol. The van der Waals surface area contributed by atoms with Crippen LogP contribution in [-0.2, 0) is 24.8 Å². The molecule has 0 aliphatic carbocycles. The molecule has 0 fully saturated rings. The Morgan fingerprint density at radius 1 is 1.00 bits per heavy atom. The van der Waals surface area contributed by atoms with Gasteiger partial charge in [0.05, 0.1) is 5.69 Å². The molecule has 34 heavy (non-hydrogen) atoms. The second kappa shape index (κ2) is 11.6. The van der Waals surface area contributed by atoms with Crippen molar-refractivity contribution in [3.8, 4) is 0 Å². The fourth-order valence-corrected chi connectivity index (χ4v) is 4.75. The van der Waals surface area contributed by atoms with Gasteiger partial charge in [-0.1, -0.05) is 45.9 Å². The van der Waals surface area contributed by atoms with Gasteiger partial charge in [0, 0.05) is 52.4 Å². The third kappa shape index (κ3) is 6.69. The summed E-state index contributed by atoms with van der Waals surface area (Å²) in [6.07, 6.45) is 1.74. The summed E-state index contributed by atoms with van der Waals surface area (Å²) in [5, 5.41) is 4.60. The van der Waals surface area contributed by atoms with E-state index in [4.69, 9.17) is 0 Å². The number of hydrogen-bond donors (Lipinski definition) is 0. The minimum atomic E-state index is -0.0158. The molecule has 0 radical (unpaired) electrons. The summed E-state index contributed by atoms with van der Waals surface area (Å²) in [7, 11) is 1.85. The van der Waals surface area contributed by atoms with Gasteiger partial charge in [0.25, 0.3) is 5.91 Å². The number of carbonyl (C=O) groups excluding carboxylic acids is 2. The lowest BCUT2D eigenvalue weighted by atomic mass is 10.1. The molecule has 1 aromatic carbocycles.